The summed E-state index contributed by atoms with van der Waals surface area (Å²) in [7, 11) is 0. The molecule has 1 heterocycles. The molecule has 0 unspecified atom stereocenters. The Bertz CT molecular complexity index is 622. The highest BCUT2D eigenvalue weighted by Gasteiger charge is 2.12. The van der Waals surface area contributed by atoms with E-state index in [0.29, 0.717) is 0 Å². The Balaban J connectivity index is 1.80. The van der Waals surface area contributed by atoms with Crippen molar-refractivity contribution >= 4 is 23.0 Å². The lowest BCUT2D eigenvalue weighted by Gasteiger charge is -2.21. The van der Waals surface area contributed by atoms with Gasteiger partial charge in [-0.05, 0) is 48.6 Å². The summed E-state index contributed by atoms with van der Waals surface area (Å²) in [5.41, 5.74) is 6.24. The first-order chi connectivity index (χ1) is 9.74. The molecule has 0 radical (unpaired) electrons. The van der Waals surface area contributed by atoms with Crippen LogP contribution in [0.4, 0.5) is 11.4 Å². The summed E-state index contributed by atoms with van der Waals surface area (Å²) in [5, 5.41) is 7.74. The number of anilines is 2. The number of halogens is 1. The van der Waals surface area contributed by atoms with Gasteiger partial charge in [0.2, 0.25) is 0 Å². The van der Waals surface area contributed by atoms with Crippen molar-refractivity contribution in [3.63, 3.8) is 0 Å². The second-order valence-corrected chi connectivity index (χ2v) is 5.73. The minimum absolute atomic E-state index is 0.772. The Kier molecular flexibility index (Phi) is 3.83. The first-order valence-electron chi connectivity index (χ1n) is 7.09. The third-order valence-corrected chi connectivity index (χ3v) is 4.08. The van der Waals surface area contributed by atoms with E-state index < -0.39 is 0 Å². The molecule has 0 atom stereocenters. The molecule has 3 heteroatoms. The summed E-state index contributed by atoms with van der Waals surface area (Å²) in [6.07, 6.45) is 2.38. The molecule has 20 heavy (non-hydrogen) atoms. The van der Waals surface area contributed by atoms with E-state index in [9.17, 15) is 0 Å². The van der Waals surface area contributed by atoms with Crippen LogP contribution in [-0.4, -0.2) is 6.54 Å². The molecule has 0 fully saturated rings. The summed E-state index contributed by atoms with van der Waals surface area (Å²) >= 11 is 6.23. The van der Waals surface area contributed by atoms with Crippen molar-refractivity contribution in [3.05, 3.63) is 58.1 Å². The molecule has 1 aliphatic heterocycles. The second-order valence-electron chi connectivity index (χ2n) is 5.32. The van der Waals surface area contributed by atoms with E-state index in [4.69, 9.17) is 11.6 Å². The highest BCUT2D eigenvalue weighted by atomic mass is 35.5. The van der Waals surface area contributed by atoms with Gasteiger partial charge in [-0.3, -0.25) is 0 Å². The summed E-state index contributed by atoms with van der Waals surface area (Å²) in [5.74, 6) is 0. The Labute approximate surface area is 125 Å². The standard InChI is InChI=1S/C17H19ClN2/c1-12-7-8-15(18)16(10-12)20-11-14-5-2-4-13-6-3-9-19-17(13)14/h2,4-5,7-8,10,19-20H,3,6,9,11H2,1H3. The van der Waals surface area contributed by atoms with Crippen LogP contribution in [0.15, 0.2) is 36.4 Å². The van der Waals surface area contributed by atoms with Gasteiger partial charge in [0.25, 0.3) is 0 Å². The lowest BCUT2D eigenvalue weighted by molar-refractivity contribution is 0.825. The number of para-hydroxylation sites is 1. The minimum Gasteiger partial charge on any atom is -0.385 e. The fraction of sp³-hybridized carbons (Fsp3) is 0.294. The van der Waals surface area contributed by atoms with E-state index in [0.717, 1.165) is 23.8 Å². The molecule has 0 bridgehead atoms. The van der Waals surface area contributed by atoms with Crippen molar-refractivity contribution in [1.82, 2.24) is 0 Å². The lowest BCUT2D eigenvalue weighted by atomic mass is 9.99. The molecule has 2 N–H and O–H groups in total. The van der Waals surface area contributed by atoms with Crippen LogP contribution in [0, 0.1) is 6.92 Å². The molecule has 2 nitrogen and oxygen atoms in total. The first kappa shape index (κ1) is 13.3. The van der Waals surface area contributed by atoms with Gasteiger partial charge in [-0.15, -0.1) is 0 Å². The van der Waals surface area contributed by atoms with Crippen molar-refractivity contribution in [2.24, 2.45) is 0 Å². The Morgan fingerprint density at radius 1 is 1.25 bits per heavy atom. The van der Waals surface area contributed by atoms with Gasteiger partial charge >= 0.3 is 0 Å². The van der Waals surface area contributed by atoms with Crippen LogP contribution in [0.5, 0.6) is 0 Å². The highest BCUT2D eigenvalue weighted by Crippen LogP contribution is 2.28. The molecule has 1 aliphatic rings. The summed E-state index contributed by atoms with van der Waals surface area (Å²) in [6.45, 7) is 3.93. The lowest BCUT2D eigenvalue weighted by Crippen LogP contribution is -2.15. The molecular weight excluding hydrogens is 268 g/mol. The van der Waals surface area contributed by atoms with Crippen molar-refractivity contribution in [1.29, 1.82) is 0 Å². The van der Waals surface area contributed by atoms with Gasteiger partial charge in [-0.1, -0.05) is 35.9 Å². The van der Waals surface area contributed by atoms with E-state index in [1.165, 1.54) is 35.2 Å². The number of rotatable bonds is 3. The molecule has 0 amide bonds. The van der Waals surface area contributed by atoms with E-state index in [1.54, 1.807) is 0 Å². The van der Waals surface area contributed by atoms with Crippen molar-refractivity contribution in [3.8, 4) is 0 Å². The Morgan fingerprint density at radius 2 is 2.15 bits per heavy atom. The maximum Gasteiger partial charge on any atom is 0.0637 e. The molecule has 0 saturated heterocycles. The van der Waals surface area contributed by atoms with Gasteiger partial charge < -0.3 is 10.6 Å². The fourth-order valence-corrected chi connectivity index (χ4v) is 2.88. The molecule has 2 aromatic rings. The molecule has 0 spiro atoms. The quantitative estimate of drug-likeness (QED) is 0.860. The smallest absolute Gasteiger partial charge is 0.0637 e. The third kappa shape index (κ3) is 2.75. The maximum atomic E-state index is 6.23. The van der Waals surface area contributed by atoms with Crippen LogP contribution >= 0.6 is 11.6 Å². The zero-order chi connectivity index (χ0) is 13.9. The molecule has 104 valence electrons. The number of hydrogen-bond donors (Lipinski definition) is 2. The number of hydrogen-bond acceptors (Lipinski definition) is 2. The molecule has 0 aliphatic carbocycles. The largest absolute Gasteiger partial charge is 0.385 e. The number of nitrogens with one attached hydrogen (secondary N) is 2. The Hall–Kier alpha value is -1.67. The zero-order valence-corrected chi connectivity index (χ0v) is 12.4. The topological polar surface area (TPSA) is 24.1 Å². The van der Waals surface area contributed by atoms with Crippen LogP contribution in [-0.2, 0) is 13.0 Å². The fourth-order valence-electron chi connectivity index (χ4n) is 2.69. The normalized spacial score (nSPS) is 13.5. The number of aryl methyl sites for hydroxylation is 2. The summed E-state index contributed by atoms with van der Waals surface area (Å²) < 4.78 is 0. The van der Waals surface area contributed by atoms with Crippen LogP contribution in [0.2, 0.25) is 5.02 Å². The molecule has 0 saturated carbocycles. The van der Waals surface area contributed by atoms with Crippen LogP contribution in [0.25, 0.3) is 0 Å². The van der Waals surface area contributed by atoms with Gasteiger partial charge in [-0.2, -0.15) is 0 Å². The third-order valence-electron chi connectivity index (χ3n) is 3.75. The van der Waals surface area contributed by atoms with Gasteiger partial charge in [-0.25, -0.2) is 0 Å². The molecular formula is C17H19ClN2. The average molecular weight is 287 g/mol. The summed E-state index contributed by atoms with van der Waals surface area (Å²) in [6, 6.07) is 12.6. The Morgan fingerprint density at radius 3 is 3.05 bits per heavy atom. The van der Waals surface area contributed by atoms with E-state index >= 15 is 0 Å². The van der Waals surface area contributed by atoms with E-state index in [1.807, 2.05) is 12.1 Å². The van der Waals surface area contributed by atoms with Gasteiger partial charge in [0.1, 0.15) is 0 Å². The predicted molar refractivity (Wildman–Crippen MR) is 86.8 cm³/mol. The molecule has 2 aromatic carbocycles. The highest BCUT2D eigenvalue weighted by molar-refractivity contribution is 6.33. The van der Waals surface area contributed by atoms with Gasteiger partial charge in [0, 0.05) is 18.8 Å². The zero-order valence-electron chi connectivity index (χ0n) is 11.7. The minimum atomic E-state index is 0.772. The first-order valence-corrected chi connectivity index (χ1v) is 7.46. The van der Waals surface area contributed by atoms with Crippen molar-refractivity contribution in [2.45, 2.75) is 26.3 Å². The van der Waals surface area contributed by atoms with Crippen molar-refractivity contribution in [2.75, 3.05) is 17.2 Å². The predicted octanol–water partition coefficient (Wildman–Crippen LogP) is 4.62. The van der Waals surface area contributed by atoms with E-state index in [2.05, 4.69) is 41.8 Å². The summed E-state index contributed by atoms with van der Waals surface area (Å²) in [4.78, 5) is 0. The molecule has 0 aromatic heterocycles. The maximum absolute atomic E-state index is 6.23. The molecule has 3 rings (SSSR count). The van der Waals surface area contributed by atoms with Crippen molar-refractivity contribution < 1.29 is 0 Å². The van der Waals surface area contributed by atoms with Gasteiger partial charge in [0.05, 0.1) is 10.7 Å². The second kappa shape index (κ2) is 5.76. The number of benzene rings is 2. The number of fused-ring (bicyclic) bond motifs is 1. The SMILES string of the molecule is Cc1ccc(Cl)c(NCc2cccc3c2NCCC3)c1. The van der Waals surface area contributed by atoms with Crippen LogP contribution in [0.1, 0.15) is 23.1 Å². The monoisotopic (exact) mass is 286 g/mol. The van der Waals surface area contributed by atoms with E-state index in [-0.39, 0.29) is 0 Å². The van der Waals surface area contributed by atoms with Crippen LogP contribution < -0.4 is 10.6 Å². The van der Waals surface area contributed by atoms with Crippen LogP contribution in [0.3, 0.4) is 0 Å². The van der Waals surface area contributed by atoms with Gasteiger partial charge in [0.15, 0.2) is 0 Å². The average Bonchev–Trinajstić information content (AvgIpc) is 2.48.